The summed E-state index contributed by atoms with van der Waals surface area (Å²) >= 11 is 1.81. The van der Waals surface area contributed by atoms with E-state index in [0.717, 1.165) is 60.9 Å². The second-order valence-corrected chi connectivity index (χ2v) is 11.5. The Balaban J connectivity index is 1.60. The summed E-state index contributed by atoms with van der Waals surface area (Å²) in [7, 11) is 3.78. The van der Waals surface area contributed by atoms with Gasteiger partial charge in [-0.25, -0.2) is 0 Å². The van der Waals surface area contributed by atoms with Crippen LogP contribution >= 0.6 is 11.3 Å². The summed E-state index contributed by atoms with van der Waals surface area (Å²) in [6.07, 6.45) is 0.955. The number of hydrogen-bond donors (Lipinski definition) is 1. The predicted molar refractivity (Wildman–Crippen MR) is 153 cm³/mol. The van der Waals surface area contributed by atoms with E-state index in [1.165, 1.54) is 38.5 Å². The number of aromatic nitrogens is 3. The van der Waals surface area contributed by atoms with Crippen molar-refractivity contribution in [3.05, 3.63) is 57.9 Å². The van der Waals surface area contributed by atoms with E-state index in [4.69, 9.17) is 14.7 Å². The topological polar surface area (TPSA) is 56.5 Å². The maximum atomic E-state index is 6.44. The number of ether oxygens (including phenoxy) is 1. The molecule has 38 heavy (non-hydrogen) atoms. The van der Waals surface area contributed by atoms with Gasteiger partial charge in [0.2, 0.25) is 0 Å². The van der Waals surface area contributed by atoms with Gasteiger partial charge in [0, 0.05) is 72.1 Å². The Hall–Kier alpha value is -2.91. The number of fused-ring (bicyclic) bond motifs is 5. The lowest BCUT2D eigenvalue weighted by molar-refractivity contribution is -0.189. The molecular weight excluding hydrogens is 494 g/mol. The van der Waals surface area contributed by atoms with Crippen LogP contribution < -0.4 is 10.1 Å². The van der Waals surface area contributed by atoms with Crippen molar-refractivity contribution < 1.29 is 9.57 Å². The van der Waals surface area contributed by atoms with Crippen LogP contribution in [-0.2, 0) is 38.0 Å². The largest absolute Gasteiger partial charge is 0.496 e. The van der Waals surface area contributed by atoms with Crippen LogP contribution in [-0.4, -0.2) is 45.7 Å². The lowest BCUT2D eigenvalue weighted by atomic mass is 9.90. The van der Waals surface area contributed by atoms with Crippen LogP contribution in [0.2, 0.25) is 0 Å². The normalized spacial score (nSPS) is 16.0. The first-order chi connectivity index (χ1) is 18.4. The van der Waals surface area contributed by atoms with Gasteiger partial charge in [-0.2, -0.15) is 10.2 Å². The molecule has 8 heteroatoms. The van der Waals surface area contributed by atoms with Gasteiger partial charge in [0.25, 0.3) is 0 Å². The summed E-state index contributed by atoms with van der Waals surface area (Å²) in [6.45, 7) is 12.7. The van der Waals surface area contributed by atoms with Crippen molar-refractivity contribution in [1.29, 1.82) is 0 Å². The molecule has 0 amide bonds. The quantitative estimate of drug-likeness (QED) is 0.366. The molecular formula is C30H37N5O2S. The van der Waals surface area contributed by atoms with E-state index < -0.39 is 0 Å². The molecule has 0 radical (unpaired) electrons. The van der Waals surface area contributed by atoms with Crippen LogP contribution in [0.5, 0.6) is 5.75 Å². The molecule has 5 heterocycles. The zero-order valence-electron chi connectivity index (χ0n) is 23.2. The number of nitrogens with one attached hydrogen (secondary N) is 1. The van der Waals surface area contributed by atoms with Gasteiger partial charge >= 0.3 is 0 Å². The van der Waals surface area contributed by atoms with Gasteiger partial charge in [-0.15, -0.1) is 11.3 Å². The monoisotopic (exact) mass is 531 g/mol. The van der Waals surface area contributed by atoms with Crippen molar-refractivity contribution in [2.24, 2.45) is 7.05 Å². The highest BCUT2D eigenvalue weighted by Gasteiger charge is 2.31. The highest BCUT2D eigenvalue weighted by molar-refractivity contribution is 7.13. The van der Waals surface area contributed by atoms with E-state index in [9.17, 15) is 0 Å². The molecule has 0 fully saturated rings. The van der Waals surface area contributed by atoms with Crippen molar-refractivity contribution >= 4 is 11.3 Å². The molecule has 0 spiro atoms. The fourth-order valence-corrected chi connectivity index (χ4v) is 6.91. The molecule has 200 valence electrons. The summed E-state index contributed by atoms with van der Waals surface area (Å²) in [4.78, 5) is 7.75. The van der Waals surface area contributed by atoms with Crippen LogP contribution in [0.1, 0.15) is 42.1 Å². The Morgan fingerprint density at radius 2 is 1.97 bits per heavy atom. The molecule has 0 aliphatic carbocycles. The first kappa shape index (κ1) is 25.4. The molecule has 7 nitrogen and oxygen atoms in total. The molecule has 0 bridgehead atoms. The zero-order valence-corrected chi connectivity index (χ0v) is 24.0. The first-order valence-corrected chi connectivity index (χ1v) is 14.4. The highest BCUT2D eigenvalue weighted by atomic mass is 32.1. The van der Waals surface area contributed by atoms with E-state index in [1.807, 2.05) is 23.1 Å². The standard InChI is InChI=1S/C30H37N5O2S/c1-18(2)35-12-10-31-16-24-25(17-37-35)34-11-9-21-14-26(36-6)23(28-19(3)32-33(5)20(28)4)15-22(21)30(34)29(24)27-8-7-13-38-27/h7-8,13-15,18,31H,9-12,16-17H2,1-6H3. The minimum Gasteiger partial charge on any atom is -0.496 e. The average Bonchev–Trinajstić information content (AvgIpc) is 3.60. The zero-order chi connectivity index (χ0) is 26.6. The van der Waals surface area contributed by atoms with Crippen LogP contribution in [0.4, 0.5) is 0 Å². The van der Waals surface area contributed by atoms with Gasteiger partial charge in [-0.3, -0.25) is 9.52 Å². The van der Waals surface area contributed by atoms with E-state index in [2.05, 4.69) is 72.3 Å². The fourth-order valence-electron chi connectivity index (χ4n) is 6.12. The number of hydroxylamine groups is 2. The van der Waals surface area contributed by atoms with E-state index >= 15 is 0 Å². The Kier molecular flexibility index (Phi) is 6.68. The molecule has 0 unspecified atom stereocenters. The maximum absolute atomic E-state index is 6.44. The van der Waals surface area contributed by atoms with Gasteiger partial charge in [0.15, 0.2) is 0 Å². The second kappa shape index (κ2) is 10.0. The highest BCUT2D eigenvalue weighted by Crippen LogP contribution is 2.48. The van der Waals surface area contributed by atoms with Crippen molar-refractivity contribution in [1.82, 2.24) is 24.7 Å². The molecule has 0 saturated carbocycles. The fraction of sp³-hybridized carbons (Fsp3) is 0.433. The minimum atomic E-state index is 0.326. The van der Waals surface area contributed by atoms with Crippen molar-refractivity contribution in [3.63, 3.8) is 0 Å². The SMILES string of the molecule is COc1cc2c(cc1-c1c(C)nn(C)c1C)-c1c(-c3cccs3)c3c(n1CC2)CON(C(C)C)CCNC3. The van der Waals surface area contributed by atoms with Crippen LogP contribution in [0.3, 0.4) is 0 Å². The maximum Gasteiger partial charge on any atom is 0.127 e. The number of benzene rings is 1. The number of aryl methyl sites for hydroxylation is 3. The summed E-state index contributed by atoms with van der Waals surface area (Å²) in [5.41, 5.74) is 12.3. The molecule has 1 N–H and O–H groups in total. The predicted octanol–water partition coefficient (Wildman–Crippen LogP) is 5.71. The Bertz CT molecular complexity index is 1480. The number of thiophene rings is 1. The lowest BCUT2D eigenvalue weighted by Gasteiger charge is -2.27. The Morgan fingerprint density at radius 3 is 2.66 bits per heavy atom. The van der Waals surface area contributed by atoms with Gasteiger partial charge < -0.3 is 14.6 Å². The van der Waals surface area contributed by atoms with Crippen LogP contribution in [0.15, 0.2) is 29.6 Å². The molecule has 2 aliphatic rings. The number of nitrogens with zero attached hydrogens (tertiary/aromatic N) is 4. The van der Waals surface area contributed by atoms with Crippen molar-refractivity contribution in [3.8, 4) is 38.6 Å². The third-order valence-electron chi connectivity index (χ3n) is 8.07. The van der Waals surface area contributed by atoms with Gasteiger partial charge in [-0.05, 0) is 68.8 Å². The third kappa shape index (κ3) is 4.11. The molecule has 6 rings (SSSR count). The van der Waals surface area contributed by atoms with Crippen molar-refractivity contribution in [2.45, 2.75) is 59.9 Å². The second-order valence-electron chi connectivity index (χ2n) is 10.6. The molecule has 1 aromatic carbocycles. The molecule has 0 atom stereocenters. The Labute approximate surface area is 228 Å². The van der Waals surface area contributed by atoms with E-state index in [0.29, 0.717) is 12.6 Å². The summed E-state index contributed by atoms with van der Waals surface area (Å²) in [6, 6.07) is 9.34. The number of hydrogen-bond acceptors (Lipinski definition) is 6. The lowest BCUT2D eigenvalue weighted by Crippen LogP contribution is -2.36. The summed E-state index contributed by atoms with van der Waals surface area (Å²) in [5.74, 6) is 0.910. The van der Waals surface area contributed by atoms with Crippen LogP contribution in [0.25, 0.3) is 32.8 Å². The van der Waals surface area contributed by atoms with Gasteiger partial charge in [0.1, 0.15) is 12.4 Å². The smallest absolute Gasteiger partial charge is 0.127 e. The summed E-state index contributed by atoms with van der Waals surface area (Å²) in [5, 5.41) is 12.7. The van der Waals surface area contributed by atoms with Gasteiger partial charge in [0.05, 0.1) is 24.2 Å². The number of methoxy groups -OCH3 is 1. The van der Waals surface area contributed by atoms with Crippen LogP contribution in [0, 0.1) is 13.8 Å². The van der Waals surface area contributed by atoms with Gasteiger partial charge in [-0.1, -0.05) is 6.07 Å². The summed E-state index contributed by atoms with van der Waals surface area (Å²) < 4.78 is 10.4. The minimum absolute atomic E-state index is 0.326. The average molecular weight is 532 g/mol. The third-order valence-corrected chi connectivity index (χ3v) is 8.95. The number of rotatable bonds is 4. The van der Waals surface area contributed by atoms with Crippen molar-refractivity contribution in [2.75, 3.05) is 20.2 Å². The molecule has 4 aromatic rings. The molecule has 2 aliphatic heterocycles. The van der Waals surface area contributed by atoms with E-state index in [1.54, 1.807) is 7.11 Å². The van der Waals surface area contributed by atoms with E-state index in [-0.39, 0.29) is 0 Å². The molecule has 0 saturated heterocycles. The first-order valence-electron chi connectivity index (χ1n) is 13.5. The molecule has 3 aromatic heterocycles. The Morgan fingerprint density at radius 1 is 1.13 bits per heavy atom.